The summed E-state index contributed by atoms with van der Waals surface area (Å²) in [4.78, 5) is 21.7. The summed E-state index contributed by atoms with van der Waals surface area (Å²) in [5.74, 6) is -0.984. The van der Waals surface area contributed by atoms with Crippen molar-refractivity contribution in [2.24, 2.45) is 11.5 Å². The van der Waals surface area contributed by atoms with Gasteiger partial charge in [-0.05, 0) is 12.8 Å². The van der Waals surface area contributed by atoms with E-state index in [9.17, 15) is 9.59 Å². The molecule has 6 heteroatoms. The van der Waals surface area contributed by atoms with Gasteiger partial charge in [-0.1, -0.05) is 0 Å². The molecule has 0 aliphatic heterocycles. The lowest BCUT2D eigenvalue weighted by Crippen LogP contribution is -2.52. The second-order valence-electron chi connectivity index (χ2n) is 3.61. The van der Waals surface area contributed by atoms with Crippen LogP contribution in [0.15, 0.2) is 0 Å². The van der Waals surface area contributed by atoms with Gasteiger partial charge in [-0.3, -0.25) is 9.59 Å². The molecule has 1 atom stereocenters. The fourth-order valence-corrected chi connectivity index (χ4v) is 1.32. The van der Waals surface area contributed by atoms with Gasteiger partial charge in [0.25, 0.3) is 0 Å². The van der Waals surface area contributed by atoms with Gasteiger partial charge in [-0.2, -0.15) is 0 Å². The molecule has 0 aromatic rings. The Labute approximate surface area is 81.6 Å². The lowest BCUT2D eigenvalue weighted by Gasteiger charge is -2.32. The number of aliphatic hydroxyl groups is 1. The predicted molar refractivity (Wildman–Crippen MR) is 49.0 cm³/mol. The minimum absolute atomic E-state index is 0.0172. The van der Waals surface area contributed by atoms with E-state index in [-0.39, 0.29) is 24.5 Å². The SMILES string of the molecule is NC(=O)CC(N)C(=O)NC1CC(O)C1. The summed E-state index contributed by atoms with van der Waals surface area (Å²) in [6, 6.07) is -0.901. The van der Waals surface area contributed by atoms with Crippen LogP contribution in [0.3, 0.4) is 0 Å². The number of nitrogens with two attached hydrogens (primary N) is 2. The first kappa shape index (κ1) is 10.9. The molecule has 14 heavy (non-hydrogen) atoms. The normalized spacial score (nSPS) is 27.6. The Morgan fingerprint density at radius 3 is 2.50 bits per heavy atom. The summed E-state index contributed by atoms with van der Waals surface area (Å²) < 4.78 is 0. The standard InChI is InChI=1S/C8H15N3O3/c9-6(3-7(10)13)8(14)11-4-1-5(12)2-4/h4-6,12H,1-3,9H2,(H2,10,13)(H,11,14). The molecule has 1 fully saturated rings. The lowest BCUT2D eigenvalue weighted by atomic mass is 9.89. The highest BCUT2D eigenvalue weighted by molar-refractivity contribution is 5.87. The zero-order valence-corrected chi connectivity index (χ0v) is 7.77. The van der Waals surface area contributed by atoms with E-state index >= 15 is 0 Å². The van der Waals surface area contributed by atoms with Crippen LogP contribution in [0.2, 0.25) is 0 Å². The largest absolute Gasteiger partial charge is 0.393 e. The Morgan fingerprint density at radius 1 is 1.50 bits per heavy atom. The van der Waals surface area contributed by atoms with Gasteiger partial charge in [-0.15, -0.1) is 0 Å². The average Bonchev–Trinajstić information content (AvgIpc) is 2.00. The molecule has 0 aromatic heterocycles. The third kappa shape index (κ3) is 2.97. The molecule has 0 heterocycles. The van der Waals surface area contributed by atoms with Gasteiger partial charge in [0.2, 0.25) is 11.8 Å². The van der Waals surface area contributed by atoms with Gasteiger partial charge in [-0.25, -0.2) is 0 Å². The summed E-state index contributed by atoms with van der Waals surface area (Å²) in [5.41, 5.74) is 10.3. The minimum atomic E-state index is -0.884. The maximum Gasteiger partial charge on any atom is 0.237 e. The zero-order valence-electron chi connectivity index (χ0n) is 7.77. The molecule has 6 nitrogen and oxygen atoms in total. The van der Waals surface area contributed by atoms with Crippen molar-refractivity contribution in [1.29, 1.82) is 0 Å². The smallest absolute Gasteiger partial charge is 0.237 e. The molecule has 6 N–H and O–H groups in total. The molecule has 0 saturated heterocycles. The van der Waals surface area contributed by atoms with Crippen molar-refractivity contribution in [1.82, 2.24) is 5.32 Å². The van der Waals surface area contributed by atoms with E-state index in [0.717, 1.165) is 0 Å². The monoisotopic (exact) mass is 201 g/mol. The molecule has 0 bridgehead atoms. The van der Waals surface area contributed by atoms with Crippen LogP contribution < -0.4 is 16.8 Å². The number of hydrogen-bond donors (Lipinski definition) is 4. The molecule has 0 aromatic carbocycles. The number of nitrogens with one attached hydrogen (secondary N) is 1. The first-order valence-electron chi connectivity index (χ1n) is 4.51. The predicted octanol–water partition coefficient (Wildman–Crippen LogP) is -2.17. The molecule has 0 radical (unpaired) electrons. The van der Waals surface area contributed by atoms with Crippen LogP contribution in [0.4, 0.5) is 0 Å². The first-order valence-corrected chi connectivity index (χ1v) is 4.51. The van der Waals surface area contributed by atoms with E-state index in [1.807, 2.05) is 0 Å². The van der Waals surface area contributed by atoms with Crippen molar-refractivity contribution in [2.45, 2.75) is 37.5 Å². The Hall–Kier alpha value is -1.14. The quantitative estimate of drug-likeness (QED) is 0.414. The fraction of sp³-hybridized carbons (Fsp3) is 0.750. The molecule has 80 valence electrons. The lowest BCUT2D eigenvalue weighted by molar-refractivity contribution is -0.127. The van der Waals surface area contributed by atoms with Crippen LogP contribution in [0.25, 0.3) is 0 Å². The third-order valence-corrected chi connectivity index (χ3v) is 2.22. The Bertz CT molecular complexity index is 238. The number of carbonyl (C=O) groups is 2. The highest BCUT2D eigenvalue weighted by Gasteiger charge is 2.29. The van der Waals surface area contributed by atoms with E-state index in [1.54, 1.807) is 0 Å². The number of aliphatic hydroxyl groups excluding tert-OH is 1. The summed E-state index contributed by atoms with van der Waals surface area (Å²) in [6.07, 6.45) is 0.623. The van der Waals surface area contributed by atoms with Gasteiger partial charge in [0, 0.05) is 6.04 Å². The molecule has 1 rings (SSSR count). The Balaban J connectivity index is 2.24. The van der Waals surface area contributed by atoms with E-state index < -0.39 is 11.9 Å². The molecule has 1 aliphatic carbocycles. The van der Waals surface area contributed by atoms with E-state index in [0.29, 0.717) is 12.8 Å². The number of amides is 2. The number of carbonyl (C=O) groups excluding carboxylic acids is 2. The van der Waals surface area contributed by atoms with Crippen LogP contribution in [-0.2, 0) is 9.59 Å². The molecular weight excluding hydrogens is 186 g/mol. The van der Waals surface area contributed by atoms with Crippen LogP contribution in [0.1, 0.15) is 19.3 Å². The van der Waals surface area contributed by atoms with Crippen molar-refractivity contribution >= 4 is 11.8 Å². The van der Waals surface area contributed by atoms with Crippen molar-refractivity contribution in [2.75, 3.05) is 0 Å². The molecular formula is C8H15N3O3. The molecule has 0 spiro atoms. The van der Waals surface area contributed by atoms with Gasteiger partial charge in [0.15, 0.2) is 0 Å². The average molecular weight is 201 g/mol. The van der Waals surface area contributed by atoms with Crippen LogP contribution in [0, 0.1) is 0 Å². The first-order chi connectivity index (χ1) is 6.49. The zero-order chi connectivity index (χ0) is 10.7. The van der Waals surface area contributed by atoms with Crippen molar-refractivity contribution in [3.05, 3.63) is 0 Å². The van der Waals surface area contributed by atoms with Crippen LogP contribution in [-0.4, -0.2) is 35.1 Å². The van der Waals surface area contributed by atoms with Crippen LogP contribution in [0.5, 0.6) is 0 Å². The number of hydrogen-bond acceptors (Lipinski definition) is 4. The topological polar surface area (TPSA) is 118 Å². The van der Waals surface area contributed by atoms with Gasteiger partial charge in [0.1, 0.15) is 0 Å². The van der Waals surface area contributed by atoms with E-state index in [4.69, 9.17) is 16.6 Å². The fourth-order valence-electron chi connectivity index (χ4n) is 1.32. The van der Waals surface area contributed by atoms with Gasteiger partial charge in [0.05, 0.1) is 18.6 Å². The highest BCUT2D eigenvalue weighted by atomic mass is 16.3. The minimum Gasteiger partial charge on any atom is -0.393 e. The van der Waals surface area contributed by atoms with Crippen LogP contribution >= 0.6 is 0 Å². The molecule has 1 aliphatic rings. The van der Waals surface area contributed by atoms with Gasteiger partial charge < -0.3 is 21.9 Å². The van der Waals surface area contributed by atoms with E-state index in [2.05, 4.69) is 5.32 Å². The van der Waals surface area contributed by atoms with Crippen molar-refractivity contribution in [3.8, 4) is 0 Å². The van der Waals surface area contributed by atoms with Crippen molar-refractivity contribution in [3.63, 3.8) is 0 Å². The second-order valence-corrected chi connectivity index (χ2v) is 3.61. The molecule has 1 unspecified atom stereocenters. The summed E-state index contributed by atoms with van der Waals surface area (Å²) in [7, 11) is 0. The summed E-state index contributed by atoms with van der Waals surface area (Å²) in [5, 5.41) is 11.6. The van der Waals surface area contributed by atoms with Gasteiger partial charge >= 0.3 is 0 Å². The molecule has 1 saturated carbocycles. The number of primary amides is 1. The maximum atomic E-state index is 11.3. The second kappa shape index (κ2) is 4.39. The van der Waals surface area contributed by atoms with E-state index in [1.165, 1.54) is 0 Å². The third-order valence-electron chi connectivity index (χ3n) is 2.22. The molecule has 2 amide bonds. The summed E-state index contributed by atoms with van der Waals surface area (Å²) in [6.45, 7) is 0. The Kier molecular flexibility index (Phi) is 3.43. The highest BCUT2D eigenvalue weighted by Crippen LogP contribution is 2.19. The number of rotatable bonds is 4. The van der Waals surface area contributed by atoms with Crippen molar-refractivity contribution < 1.29 is 14.7 Å². The maximum absolute atomic E-state index is 11.3. The Morgan fingerprint density at radius 2 is 2.07 bits per heavy atom. The summed E-state index contributed by atoms with van der Waals surface area (Å²) >= 11 is 0.